The van der Waals surface area contributed by atoms with Crippen LogP contribution >= 0.6 is 12.4 Å². The SMILES string of the molecule is C.CC.CON(C)C(=O)[C@H]1O[C@@H](n2cc(C)c(=O)[nH]c2=O)CC1O[Si](C)(C)C(C)(C)C.Cc1cn(C2CC(O[Si](C)(C)C(C)(C)C)C(C(=O)OC(=O)C(C)(C)C)O2)c(=O)[nH]c1=O.Cc1cn([C@H]2CC(C)[C@@H](CO)O2)c(=O)[nH]c1=O.Cc1cn([C@H]2CC(O[Si](C)(C)C(C)(C)C)[C@@H](C(=O)O)O2)c(=O)[nH]c1=O.Cl.N=O.[2H]CC.[Br-].[CH3-].[Mg+2]. The summed E-state index contributed by atoms with van der Waals surface area (Å²) in [4.78, 5) is 165. The summed E-state index contributed by atoms with van der Waals surface area (Å²) in [6, 6.07) is 0. The number of nitrogens with zero attached hydrogens (tertiary/aromatic N) is 5. The minimum absolute atomic E-state index is 0. The van der Waals surface area contributed by atoms with E-state index in [2.05, 4.69) is 101 Å². The Morgan fingerprint density at radius 1 is 0.554 bits per heavy atom. The molecule has 0 spiro atoms. The second kappa shape index (κ2) is 46.2. The summed E-state index contributed by atoms with van der Waals surface area (Å²) in [5, 5.41) is 19.4. The van der Waals surface area contributed by atoms with Gasteiger partial charge in [0.15, 0.2) is 43.3 Å². The number of nitroso groups, excluding NO2 is 1. The molecular formula is C72H128BrClMgN10O24Si3. The number of aliphatic hydroxyl groups excluding tert-OH is 1. The Hall–Kier alpha value is -5.77. The Balaban J connectivity index is -0.000000682. The largest absolute Gasteiger partial charge is 2.00 e. The number of hydroxylamine groups is 2. The van der Waals surface area contributed by atoms with Crippen molar-refractivity contribution in [3.8, 4) is 0 Å². The molecule has 4 saturated heterocycles. The molecule has 0 aromatic carbocycles. The van der Waals surface area contributed by atoms with Crippen LogP contribution in [0.3, 0.4) is 0 Å². The van der Waals surface area contributed by atoms with Crippen LogP contribution in [0.4, 0.5) is 0 Å². The number of carboxylic acids is 1. The van der Waals surface area contributed by atoms with Crippen molar-refractivity contribution >= 4 is 84.2 Å². The molecule has 0 radical (unpaired) electrons. The van der Waals surface area contributed by atoms with Crippen LogP contribution in [0.1, 0.15) is 199 Å². The van der Waals surface area contributed by atoms with E-state index < -0.39 is 149 Å². The van der Waals surface area contributed by atoms with E-state index in [0.29, 0.717) is 42.0 Å². The molecule has 8 rings (SSSR count). The Morgan fingerprint density at radius 3 is 1.06 bits per heavy atom. The summed E-state index contributed by atoms with van der Waals surface area (Å²) < 4.78 is 58.5. The fraction of sp³-hybridized carbons (Fsp3) is 0.708. The molecule has 4 aliphatic rings. The number of aryl methyl sites for hydroxylation is 4. The van der Waals surface area contributed by atoms with Crippen LogP contribution in [0.2, 0.25) is 54.4 Å². The summed E-state index contributed by atoms with van der Waals surface area (Å²) in [5.41, 5.74) is 1.06. The van der Waals surface area contributed by atoms with Crippen molar-refractivity contribution in [2.45, 2.75) is 301 Å². The fourth-order valence-electron chi connectivity index (χ4n) is 10.1. The van der Waals surface area contributed by atoms with E-state index in [1.54, 1.807) is 55.4 Å². The van der Waals surface area contributed by atoms with Crippen LogP contribution in [0.15, 0.2) is 63.1 Å². The first-order chi connectivity index (χ1) is 49.5. The average Bonchev–Trinajstić information content (AvgIpc) is 1.64. The van der Waals surface area contributed by atoms with Gasteiger partial charge >= 0.3 is 63.7 Å². The van der Waals surface area contributed by atoms with E-state index in [9.17, 15) is 62.6 Å². The Kier molecular flexibility index (Phi) is 45.6. The Labute approximate surface area is 693 Å². The van der Waals surface area contributed by atoms with Gasteiger partial charge in [0.05, 0.1) is 43.5 Å². The second-order valence-electron chi connectivity index (χ2n) is 31.7. The van der Waals surface area contributed by atoms with Gasteiger partial charge in [-0.05, 0) is 115 Å². The Morgan fingerprint density at radius 2 is 0.812 bits per heavy atom. The first kappa shape index (κ1) is 110. The van der Waals surface area contributed by atoms with Crippen molar-refractivity contribution in [1.82, 2.24) is 43.3 Å². The summed E-state index contributed by atoms with van der Waals surface area (Å²) in [6.07, 6.45) is -1.05. The van der Waals surface area contributed by atoms with Crippen LogP contribution in [-0.2, 0) is 61.0 Å². The van der Waals surface area contributed by atoms with Gasteiger partial charge in [-0.15, -0.1) is 12.4 Å². The number of carbonyl (C=O) groups excluding carboxylic acids is 3. The van der Waals surface area contributed by atoms with Crippen LogP contribution in [0, 0.1) is 57.0 Å². The molecule has 40 heteroatoms. The first-order valence-corrected chi connectivity index (χ1v) is 44.1. The molecule has 0 saturated carbocycles. The maximum atomic E-state index is 12.9. The average molecular weight is 1740 g/mol. The number of aliphatic hydroxyl groups is 1. The van der Waals surface area contributed by atoms with Crippen LogP contribution in [0.5, 0.6) is 0 Å². The number of carbonyl (C=O) groups is 4. The molecule has 1 amide bonds. The monoisotopic (exact) mass is 1740 g/mol. The van der Waals surface area contributed by atoms with Crippen LogP contribution in [0.25, 0.3) is 0 Å². The number of H-pyrrole nitrogens is 4. The molecule has 638 valence electrons. The first-order valence-electron chi connectivity index (χ1n) is 36.0. The number of rotatable bonds is 15. The number of hydrogen-bond donors (Lipinski definition) is 7. The zero-order valence-corrected chi connectivity index (χ0v) is 76.9. The molecule has 0 aliphatic carbocycles. The van der Waals surface area contributed by atoms with E-state index >= 15 is 0 Å². The summed E-state index contributed by atoms with van der Waals surface area (Å²) in [7, 11) is -3.84. The molecule has 4 fully saturated rings. The predicted octanol–water partition coefficient (Wildman–Crippen LogP) is 6.07. The number of aromatic nitrogens is 8. The number of hydrogen-bond acceptors (Lipinski definition) is 24. The normalized spacial score (nSPS) is 22.0. The third-order valence-electron chi connectivity index (χ3n) is 19.6. The molecule has 4 aromatic rings. The van der Waals surface area contributed by atoms with Gasteiger partial charge in [-0.2, -0.15) is 4.91 Å². The van der Waals surface area contributed by atoms with Gasteiger partial charge < -0.3 is 71.6 Å². The number of esters is 2. The number of nitrogens with one attached hydrogen (secondary N) is 5. The molecule has 4 aromatic heterocycles. The van der Waals surface area contributed by atoms with Crippen molar-refractivity contribution in [3.05, 3.63) is 143 Å². The number of aromatic amines is 4. The summed E-state index contributed by atoms with van der Waals surface area (Å²) >= 11 is 0. The van der Waals surface area contributed by atoms with Gasteiger partial charge in [0.2, 0.25) is 0 Å². The van der Waals surface area contributed by atoms with E-state index in [4.69, 9.17) is 53.2 Å². The minimum Gasteiger partial charge on any atom is -1.00 e. The number of likely N-dealkylation sites (N-methyl/N-ethyl adjacent to an activating group) is 1. The van der Waals surface area contributed by atoms with Gasteiger partial charge in [0.25, 0.3) is 28.1 Å². The van der Waals surface area contributed by atoms with Gasteiger partial charge in [-0.25, -0.2) is 33.8 Å². The van der Waals surface area contributed by atoms with Gasteiger partial charge in [0.1, 0.15) is 24.9 Å². The number of aliphatic carboxylic acids is 1. The summed E-state index contributed by atoms with van der Waals surface area (Å²) in [6.45, 7) is 50.6. The number of amides is 1. The van der Waals surface area contributed by atoms with Crippen molar-refractivity contribution in [3.63, 3.8) is 0 Å². The molecular weight excluding hydrogens is 1610 g/mol. The topological polar surface area (TPSA) is 455 Å². The van der Waals surface area contributed by atoms with E-state index in [1.807, 2.05) is 47.0 Å². The zero-order chi connectivity index (χ0) is 83.8. The minimum atomic E-state index is -2.32. The smallest absolute Gasteiger partial charge is 1.00 e. The molecule has 4 aliphatic heterocycles. The van der Waals surface area contributed by atoms with Crippen molar-refractivity contribution in [1.29, 1.82) is 5.59 Å². The third-order valence-corrected chi connectivity index (χ3v) is 33.1. The van der Waals surface area contributed by atoms with E-state index in [0.717, 1.165) is 5.06 Å². The standard InChI is InChI=1S/C21H34N2O7Si.C18H31N3O6Si.C16H26N2O6Si.C11H16N2O4.2C2H6.CH4.CH3.BrH.ClH.Mg.HNO/c1-12-11-23(19(27)22-16(12)24)14-10-13(30-31(8,9)21(5,6)7)15(28-14)17(25)29-18(26)20(2,3)4;1-11-10-21(17(24)19-15(11)22)13-9-12(27-28(7,8)18(2,3)4)14(26-13)16(23)20(5)25-6;1-9-8-18(15(22)17-13(9)19)11-7-10(12(23-11)14(20)21)24-25(5,6)16(2,3)4;1-6-3-9(17-8(6)5-14)13-4-7(2)10(15)12-11(13)16;2*1-2;;;;;;1-2/h11,13-15H,10H2,1-9H3,(H,22,24,27);10,12-14H,9H2,1-8H3,(H,19,22,24);8,10-12H,7H2,1-6H3,(H,20,21)(H,17,19,22);4,6,8-9,14H,3,5H2,1-2H3,(H,12,15,16);2*1-2H3;1H4;1H3;2*1H;;1H/q;;;;;;;-1;;;+2;/p-1/t;12?,13-,14+;10?,11-,12+;6?,8-,9-;;;;;;;;/m.111......../s1/i;;;;1D;;;;;;;. The number of halogens is 2. The molecule has 112 heavy (non-hydrogen) atoms. The molecule has 34 nitrogen and oxygen atoms in total. The maximum Gasteiger partial charge on any atom is 2.00 e. The number of carboxylic acid groups (broad SMARTS) is 1. The van der Waals surface area contributed by atoms with Gasteiger partial charge in [0, 0.05) is 74.7 Å². The predicted molar refractivity (Wildman–Crippen MR) is 434 cm³/mol. The zero-order valence-electron chi connectivity index (χ0n) is 71.1. The van der Waals surface area contributed by atoms with Crippen LogP contribution < -0.4 is 62.0 Å². The summed E-state index contributed by atoms with van der Waals surface area (Å²) in [5.74, 6) is -2.85. The number of ether oxygens (including phenoxy) is 5. The molecule has 0 bridgehead atoms. The molecule has 12 atom stereocenters. The van der Waals surface area contributed by atoms with E-state index in [-0.39, 0.29) is 125 Å². The van der Waals surface area contributed by atoms with Crippen molar-refractivity contribution in [2.75, 3.05) is 20.8 Å². The Bertz CT molecular complexity index is 4220. The second-order valence-corrected chi connectivity index (χ2v) is 46.0. The van der Waals surface area contributed by atoms with Gasteiger partial charge in [-0.1, -0.05) is 110 Å². The molecule has 7 N–H and O–H groups in total. The van der Waals surface area contributed by atoms with Crippen molar-refractivity contribution < 1.29 is 89.5 Å². The van der Waals surface area contributed by atoms with Crippen LogP contribution in [-0.4, -0.2) is 189 Å². The third kappa shape index (κ3) is 29.4. The quantitative estimate of drug-likeness (QED) is 0.0177. The van der Waals surface area contributed by atoms with E-state index in [1.165, 1.54) is 57.2 Å². The van der Waals surface area contributed by atoms with Crippen molar-refractivity contribution in [2.24, 2.45) is 11.3 Å². The van der Waals surface area contributed by atoms with Gasteiger partial charge in [-0.3, -0.25) is 71.8 Å². The molecule has 6 unspecified atom stereocenters. The fourth-order valence-corrected chi connectivity index (χ4v) is 14.1. The maximum absolute atomic E-state index is 12.9. The molecule has 8 heterocycles.